The first-order valence-electron chi connectivity index (χ1n) is 8.44. The van der Waals surface area contributed by atoms with Crippen molar-refractivity contribution < 1.29 is 13.2 Å². The summed E-state index contributed by atoms with van der Waals surface area (Å²) in [5.41, 5.74) is 2.82. The molecule has 1 aromatic carbocycles. The highest BCUT2D eigenvalue weighted by molar-refractivity contribution is 8.04. The Kier molecular flexibility index (Phi) is 4.08. The number of hydrogen-bond donors (Lipinski definition) is 1. The van der Waals surface area contributed by atoms with Crippen LogP contribution >= 0.6 is 0 Å². The number of fused-ring (bicyclic) bond motifs is 2. The molecule has 134 valence electrons. The summed E-state index contributed by atoms with van der Waals surface area (Å²) in [6, 6.07) is 7.13. The second-order valence-corrected chi connectivity index (χ2v) is 8.12. The van der Waals surface area contributed by atoms with E-state index in [-0.39, 0.29) is 0 Å². The number of hydrogen-bond acceptors (Lipinski definition) is 5. The van der Waals surface area contributed by atoms with E-state index in [1.807, 2.05) is 24.3 Å². The maximum Gasteiger partial charge on any atom is 0.284 e. The quantitative estimate of drug-likeness (QED) is 0.715. The van der Waals surface area contributed by atoms with Crippen LogP contribution in [0.3, 0.4) is 0 Å². The standard InChI is InChI=1S/C18H18N4O3S/c1-2-15(23)26(24,25)22-10-6-5-9-14(22)16-12-7-3-4-8-13(12)21-18-17(16)19-11-20-18/h2-4,7-8,11,14H,1,5-6,9-10H2,(H,19,20,21). The smallest absolute Gasteiger partial charge is 0.284 e. The second kappa shape index (κ2) is 6.30. The number of rotatable bonds is 3. The van der Waals surface area contributed by atoms with Crippen molar-refractivity contribution in [3.8, 4) is 0 Å². The van der Waals surface area contributed by atoms with Crippen LogP contribution < -0.4 is 0 Å². The highest BCUT2D eigenvalue weighted by Crippen LogP contribution is 2.39. The lowest BCUT2D eigenvalue weighted by atomic mass is 9.94. The van der Waals surface area contributed by atoms with Crippen LogP contribution in [0.4, 0.5) is 0 Å². The summed E-state index contributed by atoms with van der Waals surface area (Å²) < 4.78 is 26.9. The largest absolute Gasteiger partial charge is 0.343 e. The number of nitrogens with one attached hydrogen (secondary N) is 1. The summed E-state index contributed by atoms with van der Waals surface area (Å²) in [7, 11) is -4.11. The van der Waals surface area contributed by atoms with E-state index < -0.39 is 21.2 Å². The molecule has 1 N–H and O–H groups in total. The monoisotopic (exact) mass is 370 g/mol. The van der Waals surface area contributed by atoms with Gasteiger partial charge in [-0.3, -0.25) is 4.79 Å². The lowest BCUT2D eigenvalue weighted by molar-refractivity contribution is -0.108. The molecule has 0 saturated carbocycles. The molecule has 3 aromatic rings. The Morgan fingerprint density at radius 3 is 2.92 bits per heavy atom. The minimum absolute atomic E-state index is 0.304. The molecule has 0 radical (unpaired) electrons. The molecule has 0 bridgehead atoms. The van der Waals surface area contributed by atoms with E-state index in [9.17, 15) is 13.2 Å². The van der Waals surface area contributed by atoms with Crippen molar-refractivity contribution >= 4 is 37.2 Å². The molecule has 1 aliphatic rings. The Hall–Kier alpha value is -2.58. The lowest BCUT2D eigenvalue weighted by Crippen LogP contribution is -2.41. The summed E-state index contributed by atoms with van der Waals surface area (Å²) in [5.74, 6) is 0. The first kappa shape index (κ1) is 16.9. The third-order valence-corrected chi connectivity index (χ3v) is 6.56. The molecule has 1 unspecified atom stereocenters. The van der Waals surface area contributed by atoms with Crippen LogP contribution in [0.25, 0.3) is 22.1 Å². The number of sulfonamides is 1. The molecule has 1 saturated heterocycles. The first-order valence-corrected chi connectivity index (χ1v) is 9.88. The molecule has 1 atom stereocenters. The number of pyridine rings is 1. The van der Waals surface area contributed by atoms with Crippen molar-refractivity contribution in [1.29, 1.82) is 0 Å². The van der Waals surface area contributed by atoms with Crippen molar-refractivity contribution in [2.75, 3.05) is 6.54 Å². The SMILES string of the molecule is C=CC(=O)S(=O)(=O)N1CCCCC1c1c2ccccc2nc2nc[nH]c12. The van der Waals surface area contributed by atoms with E-state index in [0.29, 0.717) is 24.1 Å². The molecule has 4 rings (SSSR count). The Bertz CT molecular complexity index is 1120. The lowest BCUT2D eigenvalue weighted by Gasteiger charge is -2.34. The molecule has 3 heterocycles. The van der Waals surface area contributed by atoms with Gasteiger partial charge in [-0.2, -0.15) is 4.31 Å². The number of imidazole rings is 1. The molecule has 2 aromatic heterocycles. The molecule has 0 aliphatic carbocycles. The number of H-pyrrole nitrogens is 1. The van der Waals surface area contributed by atoms with Crippen LogP contribution in [-0.4, -0.2) is 39.3 Å². The van der Waals surface area contributed by atoms with Gasteiger partial charge in [0.2, 0.25) is 0 Å². The van der Waals surface area contributed by atoms with Gasteiger partial charge in [-0.1, -0.05) is 31.2 Å². The number of aromatic nitrogens is 3. The fourth-order valence-corrected chi connectivity index (χ4v) is 5.02. The van der Waals surface area contributed by atoms with Crippen LogP contribution in [0, 0.1) is 0 Å². The maximum atomic E-state index is 12.8. The van der Waals surface area contributed by atoms with Crippen LogP contribution in [0.1, 0.15) is 30.9 Å². The summed E-state index contributed by atoms with van der Waals surface area (Å²) in [6.45, 7) is 3.63. The summed E-state index contributed by atoms with van der Waals surface area (Å²) in [4.78, 5) is 23.9. The number of piperidine rings is 1. The second-order valence-electron chi connectivity index (χ2n) is 6.29. The number of carbonyl (C=O) groups excluding carboxylic acids is 1. The van der Waals surface area contributed by atoms with E-state index in [0.717, 1.165) is 35.4 Å². The maximum absolute atomic E-state index is 12.8. The Balaban J connectivity index is 1.98. The molecule has 8 heteroatoms. The van der Waals surface area contributed by atoms with Gasteiger partial charge in [-0.25, -0.2) is 18.4 Å². The van der Waals surface area contributed by atoms with Crippen LogP contribution in [0.15, 0.2) is 43.2 Å². The van der Waals surface area contributed by atoms with E-state index in [1.165, 1.54) is 4.31 Å². The van der Waals surface area contributed by atoms with Gasteiger partial charge in [0.1, 0.15) is 0 Å². The number of carbonyl (C=O) groups is 1. The predicted molar refractivity (Wildman–Crippen MR) is 98.8 cm³/mol. The molecular weight excluding hydrogens is 352 g/mol. The fraction of sp³-hybridized carbons (Fsp3) is 0.278. The third-order valence-electron chi connectivity index (χ3n) is 4.83. The van der Waals surface area contributed by atoms with Crippen LogP contribution in [0.2, 0.25) is 0 Å². The number of nitrogens with zero attached hydrogens (tertiary/aromatic N) is 3. The molecule has 1 fully saturated rings. The van der Waals surface area contributed by atoms with E-state index in [4.69, 9.17) is 0 Å². The molecule has 26 heavy (non-hydrogen) atoms. The Morgan fingerprint density at radius 1 is 1.31 bits per heavy atom. The van der Waals surface area contributed by atoms with Gasteiger partial charge in [0.25, 0.3) is 15.1 Å². The van der Waals surface area contributed by atoms with E-state index in [1.54, 1.807) is 6.33 Å². The van der Waals surface area contributed by atoms with Crippen molar-refractivity contribution in [2.24, 2.45) is 0 Å². The molecule has 0 spiro atoms. The number of benzene rings is 1. The zero-order valence-electron chi connectivity index (χ0n) is 14.1. The van der Waals surface area contributed by atoms with Crippen LogP contribution in [0.5, 0.6) is 0 Å². The normalized spacial score (nSPS) is 19.0. The Labute approximate surface area is 150 Å². The van der Waals surface area contributed by atoms with Gasteiger partial charge in [0.15, 0.2) is 5.65 Å². The summed E-state index contributed by atoms with van der Waals surface area (Å²) in [5, 5.41) is -0.106. The van der Waals surface area contributed by atoms with Gasteiger partial charge < -0.3 is 4.98 Å². The van der Waals surface area contributed by atoms with Crippen molar-refractivity contribution in [3.05, 3.63) is 48.8 Å². The number of para-hydroxylation sites is 1. The number of aromatic amines is 1. The summed E-state index contributed by atoms with van der Waals surface area (Å²) >= 11 is 0. The minimum atomic E-state index is -4.11. The Morgan fingerprint density at radius 2 is 2.12 bits per heavy atom. The summed E-state index contributed by atoms with van der Waals surface area (Å²) in [6.07, 6.45) is 4.64. The third kappa shape index (κ3) is 2.53. The highest BCUT2D eigenvalue weighted by Gasteiger charge is 2.38. The predicted octanol–water partition coefficient (Wildman–Crippen LogP) is 2.68. The fourth-order valence-electron chi connectivity index (χ4n) is 3.67. The van der Waals surface area contributed by atoms with Gasteiger partial charge in [-0.15, -0.1) is 0 Å². The average molecular weight is 370 g/mol. The van der Waals surface area contributed by atoms with Crippen molar-refractivity contribution in [2.45, 2.75) is 25.3 Å². The van der Waals surface area contributed by atoms with E-state index in [2.05, 4.69) is 21.5 Å². The van der Waals surface area contributed by atoms with Gasteiger partial charge >= 0.3 is 0 Å². The molecular formula is C18H18N4O3S. The van der Waals surface area contributed by atoms with Crippen molar-refractivity contribution in [3.63, 3.8) is 0 Å². The van der Waals surface area contributed by atoms with Gasteiger partial charge in [-0.05, 0) is 25.0 Å². The van der Waals surface area contributed by atoms with Crippen molar-refractivity contribution in [1.82, 2.24) is 19.3 Å². The highest BCUT2D eigenvalue weighted by atomic mass is 32.2. The molecule has 7 nitrogen and oxygen atoms in total. The topological polar surface area (TPSA) is 96.0 Å². The zero-order chi connectivity index (χ0) is 18.3. The minimum Gasteiger partial charge on any atom is -0.343 e. The molecule has 0 amide bonds. The average Bonchev–Trinajstić information content (AvgIpc) is 3.13. The van der Waals surface area contributed by atoms with Crippen LogP contribution in [-0.2, 0) is 14.8 Å². The first-order chi connectivity index (χ1) is 12.5. The van der Waals surface area contributed by atoms with E-state index >= 15 is 0 Å². The molecule has 1 aliphatic heterocycles. The zero-order valence-corrected chi connectivity index (χ0v) is 14.9. The van der Waals surface area contributed by atoms with Gasteiger partial charge in [0, 0.05) is 17.5 Å². The van der Waals surface area contributed by atoms with Gasteiger partial charge in [0.05, 0.1) is 23.4 Å².